The fourth-order valence-corrected chi connectivity index (χ4v) is 5.46. The first-order valence-corrected chi connectivity index (χ1v) is 11.0. The normalized spacial score (nSPS) is 18.4. The number of benzene rings is 3. The number of hydrazine groups is 1. The van der Waals surface area contributed by atoms with Crippen molar-refractivity contribution < 1.29 is 0 Å². The van der Waals surface area contributed by atoms with Crippen LogP contribution in [0.3, 0.4) is 0 Å². The van der Waals surface area contributed by atoms with Gasteiger partial charge < -0.3 is 0 Å². The number of nitriles is 1. The van der Waals surface area contributed by atoms with Crippen LogP contribution >= 0.6 is 11.6 Å². The molecule has 1 spiro atoms. The molecule has 3 nitrogen and oxygen atoms in total. The van der Waals surface area contributed by atoms with Gasteiger partial charge >= 0.3 is 0 Å². The van der Waals surface area contributed by atoms with Crippen LogP contribution < -0.4 is 5.01 Å². The third-order valence-electron chi connectivity index (χ3n) is 6.55. The van der Waals surface area contributed by atoms with Gasteiger partial charge in [-0.1, -0.05) is 79.9 Å². The summed E-state index contributed by atoms with van der Waals surface area (Å²) in [7, 11) is 0. The molecule has 2 aliphatic rings. The molecule has 3 aromatic carbocycles. The van der Waals surface area contributed by atoms with E-state index in [0.29, 0.717) is 5.02 Å². The van der Waals surface area contributed by atoms with Crippen LogP contribution in [-0.2, 0) is 5.54 Å². The van der Waals surface area contributed by atoms with Crippen LogP contribution in [0.25, 0.3) is 11.1 Å². The number of rotatable bonds is 4. The van der Waals surface area contributed by atoms with Gasteiger partial charge in [0.1, 0.15) is 5.54 Å². The second kappa shape index (κ2) is 7.38. The molecule has 0 N–H and O–H groups in total. The van der Waals surface area contributed by atoms with Crippen LogP contribution in [0, 0.1) is 11.5 Å². The van der Waals surface area contributed by atoms with Gasteiger partial charge in [-0.15, -0.1) is 0 Å². The van der Waals surface area contributed by atoms with E-state index < -0.39 is 5.54 Å². The zero-order valence-corrected chi connectivity index (χ0v) is 17.8. The Morgan fingerprint density at radius 3 is 2.13 bits per heavy atom. The molecule has 150 valence electrons. The Balaban J connectivity index is 1.78. The van der Waals surface area contributed by atoms with Crippen molar-refractivity contribution in [2.24, 2.45) is 0 Å². The summed E-state index contributed by atoms with van der Waals surface area (Å²) in [6.07, 6.45) is 6.64. The zero-order valence-electron chi connectivity index (χ0n) is 17.1. The first-order valence-electron chi connectivity index (χ1n) is 10.6. The predicted molar refractivity (Wildman–Crippen MR) is 122 cm³/mol. The summed E-state index contributed by atoms with van der Waals surface area (Å²) in [4.78, 5) is 0. The van der Waals surface area contributed by atoms with Crippen molar-refractivity contribution in [3.8, 4) is 17.3 Å². The van der Waals surface area contributed by atoms with E-state index in [4.69, 9.17) is 11.6 Å². The highest BCUT2D eigenvalue weighted by Gasteiger charge is 2.57. The van der Waals surface area contributed by atoms with Crippen LogP contribution in [0.1, 0.15) is 43.7 Å². The second-order valence-corrected chi connectivity index (χ2v) is 8.62. The average molecular weight is 414 g/mol. The molecule has 1 fully saturated rings. The minimum Gasteiger partial charge on any atom is -0.261 e. The molecule has 4 heteroatoms. The van der Waals surface area contributed by atoms with Gasteiger partial charge in [0.25, 0.3) is 0 Å². The third-order valence-corrected chi connectivity index (χ3v) is 6.81. The Morgan fingerprint density at radius 1 is 0.967 bits per heavy atom. The van der Waals surface area contributed by atoms with E-state index in [9.17, 15) is 5.26 Å². The van der Waals surface area contributed by atoms with Gasteiger partial charge in [0.2, 0.25) is 0 Å². The van der Waals surface area contributed by atoms with Gasteiger partial charge in [-0.2, -0.15) is 5.26 Å². The van der Waals surface area contributed by atoms with E-state index in [0.717, 1.165) is 31.4 Å². The molecule has 1 unspecified atom stereocenters. The molecular formula is C26H24ClN3. The minimum atomic E-state index is -0.394. The van der Waals surface area contributed by atoms with Crippen molar-refractivity contribution in [3.63, 3.8) is 0 Å². The summed E-state index contributed by atoms with van der Waals surface area (Å²) in [6, 6.07) is 25.3. The lowest BCUT2D eigenvalue weighted by Crippen LogP contribution is -2.47. The first kappa shape index (κ1) is 19.0. The Morgan fingerprint density at radius 2 is 1.57 bits per heavy atom. The van der Waals surface area contributed by atoms with Crippen LogP contribution in [-0.4, -0.2) is 11.1 Å². The Kier molecular flexibility index (Phi) is 4.68. The fraction of sp³-hybridized carbons (Fsp3) is 0.269. The van der Waals surface area contributed by atoms with Crippen molar-refractivity contribution in [3.05, 3.63) is 88.9 Å². The van der Waals surface area contributed by atoms with E-state index in [1.54, 1.807) is 0 Å². The number of fused-ring (bicyclic) bond motifs is 5. The Bertz CT molecular complexity index is 1070. The quantitative estimate of drug-likeness (QED) is 0.444. The number of hydrogen-bond acceptors (Lipinski definition) is 3. The van der Waals surface area contributed by atoms with Gasteiger partial charge in [0.15, 0.2) is 6.19 Å². The number of hydrogen-bond donors (Lipinski definition) is 0. The van der Waals surface area contributed by atoms with Crippen molar-refractivity contribution in [2.45, 2.75) is 44.2 Å². The van der Waals surface area contributed by atoms with E-state index in [1.165, 1.54) is 22.3 Å². The van der Waals surface area contributed by atoms with Gasteiger partial charge in [-0.05, 0) is 52.9 Å². The summed E-state index contributed by atoms with van der Waals surface area (Å²) < 4.78 is 0. The van der Waals surface area contributed by atoms with Gasteiger partial charge in [0.05, 0.1) is 11.7 Å². The maximum atomic E-state index is 10.3. The number of anilines is 1. The third kappa shape index (κ3) is 2.64. The summed E-state index contributed by atoms with van der Waals surface area (Å²) >= 11 is 6.20. The van der Waals surface area contributed by atoms with E-state index in [2.05, 4.69) is 66.7 Å². The molecule has 0 amide bonds. The molecule has 1 heterocycles. The fourth-order valence-electron chi connectivity index (χ4n) is 5.33. The average Bonchev–Trinajstić information content (AvgIpc) is 3.27. The summed E-state index contributed by atoms with van der Waals surface area (Å²) in [6.45, 7) is 2.21. The zero-order chi connectivity index (χ0) is 20.7. The molecule has 3 aromatic rings. The molecule has 1 aliphatic carbocycles. The van der Waals surface area contributed by atoms with Crippen LogP contribution in [0.5, 0.6) is 0 Å². The summed E-state index contributed by atoms with van der Waals surface area (Å²) in [5.41, 5.74) is 5.68. The van der Waals surface area contributed by atoms with E-state index in [1.807, 2.05) is 29.3 Å². The smallest absolute Gasteiger partial charge is 0.200 e. The number of unbranched alkanes of at least 4 members (excludes halogenated alkanes) is 1. The highest BCUT2D eigenvalue weighted by molar-refractivity contribution is 6.30. The molecule has 0 bridgehead atoms. The highest BCUT2D eigenvalue weighted by atomic mass is 35.5. The number of nitrogens with zero attached hydrogens (tertiary/aromatic N) is 3. The molecule has 0 radical (unpaired) electrons. The van der Waals surface area contributed by atoms with Crippen molar-refractivity contribution in [2.75, 3.05) is 5.01 Å². The molecule has 1 saturated heterocycles. The summed E-state index contributed by atoms with van der Waals surface area (Å²) in [5, 5.41) is 15.1. The molecule has 0 saturated carbocycles. The van der Waals surface area contributed by atoms with Gasteiger partial charge in [-0.25, -0.2) is 5.01 Å². The van der Waals surface area contributed by atoms with E-state index >= 15 is 0 Å². The molecular weight excluding hydrogens is 390 g/mol. The van der Waals surface area contributed by atoms with Crippen molar-refractivity contribution in [1.29, 1.82) is 5.26 Å². The lowest BCUT2D eigenvalue weighted by molar-refractivity contribution is 0.311. The molecule has 1 aliphatic heterocycles. The lowest BCUT2D eigenvalue weighted by atomic mass is 9.82. The Hall–Kier alpha value is -2.96. The number of halogens is 1. The highest BCUT2D eigenvalue weighted by Crippen LogP contribution is 2.58. The van der Waals surface area contributed by atoms with E-state index in [-0.39, 0.29) is 6.04 Å². The minimum absolute atomic E-state index is 0.157. The molecule has 30 heavy (non-hydrogen) atoms. The summed E-state index contributed by atoms with van der Waals surface area (Å²) in [5.74, 6) is 0. The molecule has 1 atom stereocenters. The lowest BCUT2D eigenvalue weighted by Gasteiger charge is -2.40. The van der Waals surface area contributed by atoms with Crippen molar-refractivity contribution in [1.82, 2.24) is 5.01 Å². The van der Waals surface area contributed by atoms with Gasteiger partial charge in [-0.3, -0.25) is 5.01 Å². The first-order chi connectivity index (χ1) is 14.7. The maximum absolute atomic E-state index is 10.3. The molecule has 5 rings (SSSR count). The van der Waals surface area contributed by atoms with Crippen molar-refractivity contribution >= 4 is 17.3 Å². The van der Waals surface area contributed by atoms with Gasteiger partial charge in [0, 0.05) is 11.4 Å². The predicted octanol–water partition coefficient (Wildman–Crippen LogP) is 6.73. The second-order valence-electron chi connectivity index (χ2n) is 8.18. The SMILES string of the molecule is CCCCC1CC2(c3ccccc3-c3ccccc32)N(c2ccc(Cl)cc2)N1C#N. The largest absolute Gasteiger partial charge is 0.261 e. The Labute approximate surface area is 183 Å². The monoisotopic (exact) mass is 413 g/mol. The van der Waals surface area contributed by atoms with Crippen LogP contribution in [0.15, 0.2) is 72.8 Å². The molecule has 0 aromatic heterocycles. The van der Waals surface area contributed by atoms with Crippen LogP contribution in [0.4, 0.5) is 5.69 Å². The topological polar surface area (TPSA) is 30.3 Å². The standard InChI is InChI=1S/C26H24ClN3/c1-2-3-8-21-17-26(30(29(21)18-28)20-15-13-19(27)14-16-20)24-11-6-4-9-22(24)23-10-5-7-12-25(23)26/h4-7,9-16,21H,2-3,8,17H2,1H3. The maximum Gasteiger partial charge on any atom is 0.200 e. The van der Waals surface area contributed by atoms with Crippen LogP contribution in [0.2, 0.25) is 5.02 Å².